The summed E-state index contributed by atoms with van der Waals surface area (Å²) in [5.74, 6) is 1.03. The quantitative estimate of drug-likeness (QED) is 0.871. The highest BCUT2D eigenvalue weighted by Gasteiger charge is 2.29. The molecule has 1 aromatic rings. The van der Waals surface area contributed by atoms with Crippen molar-refractivity contribution in [3.05, 3.63) is 35.6 Å². The second kappa shape index (κ2) is 5.06. The smallest absolute Gasteiger partial charge is 0.187 e. The highest BCUT2D eigenvalue weighted by Crippen LogP contribution is 2.29. The van der Waals surface area contributed by atoms with Gasteiger partial charge < -0.3 is 10.1 Å². The summed E-state index contributed by atoms with van der Waals surface area (Å²) in [6.45, 7) is 2.56. The van der Waals surface area contributed by atoms with E-state index in [2.05, 4.69) is 10.3 Å². The van der Waals surface area contributed by atoms with Gasteiger partial charge in [0.1, 0.15) is 11.9 Å². The standard InChI is InChI=1S/C14H17FN2O/c15-12-4-2-1-3-11(12)13-9-17-14(18-13)10-5-7-16-8-6-10/h1-4,10,13,16H,5-9H2. The number of nitrogens with zero attached hydrogens (tertiary/aromatic N) is 1. The molecule has 0 amide bonds. The lowest BCUT2D eigenvalue weighted by Crippen LogP contribution is -2.32. The van der Waals surface area contributed by atoms with Crippen molar-refractivity contribution >= 4 is 5.90 Å². The number of halogens is 1. The zero-order chi connectivity index (χ0) is 12.4. The van der Waals surface area contributed by atoms with Crippen molar-refractivity contribution in [2.75, 3.05) is 19.6 Å². The first-order valence-corrected chi connectivity index (χ1v) is 6.51. The lowest BCUT2D eigenvalue weighted by molar-refractivity contribution is 0.203. The average Bonchev–Trinajstić information content (AvgIpc) is 2.90. The molecule has 0 bridgehead atoms. The molecular formula is C14H17FN2O. The molecule has 0 aliphatic carbocycles. The molecule has 1 N–H and O–H groups in total. The topological polar surface area (TPSA) is 33.6 Å². The van der Waals surface area contributed by atoms with Gasteiger partial charge in [-0.25, -0.2) is 4.39 Å². The monoisotopic (exact) mass is 248 g/mol. The Hall–Kier alpha value is -1.42. The van der Waals surface area contributed by atoms with Crippen molar-refractivity contribution < 1.29 is 9.13 Å². The first-order chi connectivity index (χ1) is 8.84. The van der Waals surface area contributed by atoms with E-state index in [9.17, 15) is 4.39 Å². The minimum atomic E-state index is -0.240. The molecule has 0 spiro atoms. The molecule has 4 heteroatoms. The Balaban J connectivity index is 1.68. The fourth-order valence-corrected chi connectivity index (χ4v) is 2.59. The molecule has 2 heterocycles. The number of nitrogens with one attached hydrogen (secondary N) is 1. The molecule has 0 aromatic heterocycles. The van der Waals surface area contributed by atoms with Crippen LogP contribution < -0.4 is 5.32 Å². The fraction of sp³-hybridized carbons (Fsp3) is 0.500. The maximum atomic E-state index is 13.7. The van der Waals surface area contributed by atoms with Gasteiger partial charge in [0, 0.05) is 11.5 Å². The fourth-order valence-electron chi connectivity index (χ4n) is 2.59. The third-order valence-corrected chi connectivity index (χ3v) is 3.62. The molecule has 3 nitrogen and oxygen atoms in total. The van der Waals surface area contributed by atoms with Crippen LogP contribution in [0.4, 0.5) is 4.39 Å². The number of hydrogen-bond donors (Lipinski definition) is 1. The number of benzene rings is 1. The molecular weight excluding hydrogens is 231 g/mol. The van der Waals surface area contributed by atoms with Gasteiger partial charge in [-0.2, -0.15) is 0 Å². The highest BCUT2D eigenvalue weighted by atomic mass is 19.1. The van der Waals surface area contributed by atoms with Crippen molar-refractivity contribution in [3.8, 4) is 0 Å². The van der Waals surface area contributed by atoms with Gasteiger partial charge in [-0.1, -0.05) is 18.2 Å². The SMILES string of the molecule is Fc1ccccc1C1CN=C(C2CCNCC2)O1. The van der Waals surface area contributed by atoms with Gasteiger partial charge in [-0.3, -0.25) is 4.99 Å². The van der Waals surface area contributed by atoms with E-state index in [0.717, 1.165) is 31.8 Å². The number of piperidine rings is 1. The van der Waals surface area contributed by atoms with E-state index in [1.54, 1.807) is 12.1 Å². The molecule has 1 unspecified atom stereocenters. The van der Waals surface area contributed by atoms with E-state index < -0.39 is 0 Å². The van der Waals surface area contributed by atoms with Crippen molar-refractivity contribution in [2.45, 2.75) is 18.9 Å². The van der Waals surface area contributed by atoms with E-state index in [1.165, 1.54) is 6.07 Å². The molecule has 2 aliphatic rings. The first kappa shape index (κ1) is 11.7. The van der Waals surface area contributed by atoms with E-state index in [1.807, 2.05) is 6.07 Å². The largest absolute Gasteiger partial charge is 0.471 e. The third kappa shape index (κ3) is 2.25. The molecule has 2 aliphatic heterocycles. The predicted molar refractivity (Wildman–Crippen MR) is 68.1 cm³/mol. The van der Waals surface area contributed by atoms with Gasteiger partial charge in [0.05, 0.1) is 6.54 Å². The van der Waals surface area contributed by atoms with Crippen LogP contribution in [0, 0.1) is 11.7 Å². The van der Waals surface area contributed by atoms with Gasteiger partial charge in [-0.05, 0) is 32.0 Å². The van der Waals surface area contributed by atoms with Crippen LogP contribution in [0.2, 0.25) is 0 Å². The molecule has 3 rings (SSSR count). The second-order valence-corrected chi connectivity index (χ2v) is 4.83. The van der Waals surface area contributed by atoms with Crippen LogP contribution in [-0.2, 0) is 4.74 Å². The highest BCUT2D eigenvalue weighted by molar-refractivity contribution is 5.80. The molecule has 96 valence electrons. The molecule has 1 aromatic carbocycles. The van der Waals surface area contributed by atoms with Crippen LogP contribution in [0.3, 0.4) is 0 Å². The summed E-state index contributed by atoms with van der Waals surface area (Å²) in [6, 6.07) is 6.79. The van der Waals surface area contributed by atoms with Crippen LogP contribution in [0.5, 0.6) is 0 Å². The summed E-state index contributed by atoms with van der Waals surface area (Å²) in [7, 11) is 0. The Kier molecular flexibility index (Phi) is 3.28. The summed E-state index contributed by atoms with van der Waals surface area (Å²) in [5.41, 5.74) is 0.616. The van der Waals surface area contributed by atoms with Crippen LogP contribution in [0.1, 0.15) is 24.5 Å². The Morgan fingerprint density at radius 2 is 2.00 bits per heavy atom. The third-order valence-electron chi connectivity index (χ3n) is 3.62. The maximum Gasteiger partial charge on any atom is 0.187 e. The van der Waals surface area contributed by atoms with E-state index >= 15 is 0 Å². The van der Waals surface area contributed by atoms with Gasteiger partial charge >= 0.3 is 0 Å². The van der Waals surface area contributed by atoms with Crippen LogP contribution in [0.25, 0.3) is 0 Å². The van der Waals surface area contributed by atoms with Gasteiger partial charge in [0.2, 0.25) is 0 Å². The molecule has 1 saturated heterocycles. The number of aliphatic imine (C=N–C) groups is 1. The Morgan fingerprint density at radius 1 is 1.22 bits per heavy atom. The maximum absolute atomic E-state index is 13.7. The summed E-state index contributed by atoms with van der Waals surface area (Å²) in [4.78, 5) is 4.46. The zero-order valence-electron chi connectivity index (χ0n) is 10.2. The zero-order valence-corrected chi connectivity index (χ0v) is 10.2. The average molecular weight is 248 g/mol. The molecule has 0 saturated carbocycles. The second-order valence-electron chi connectivity index (χ2n) is 4.83. The number of ether oxygens (including phenoxy) is 1. The van der Waals surface area contributed by atoms with Crippen LogP contribution in [-0.4, -0.2) is 25.5 Å². The Bertz CT molecular complexity index is 455. The predicted octanol–water partition coefficient (Wildman–Crippen LogP) is 2.30. The van der Waals surface area contributed by atoms with Crippen molar-refractivity contribution in [2.24, 2.45) is 10.9 Å². The Labute approximate surface area is 106 Å². The van der Waals surface area contributed by atoms with E-state index in [0.29, 0.717) is 18.0 Å². The number of rotatable bonds is 2. The molecule has 18 heavy (non-hydrogen) atoms. The van der Waals surface area contributed by atoms with Gasteiger partial charge in [0.15, 0.2) is 5.90 Å². The van der Waals surface area contributed by atoms with Crippen molar-refractivity contribution in [1.29, 1.82) is 0 Å². The van der Waals surface area contributed by atoms with Crippen molar-refractivity contribution in [1.82, 2.24) is 5.32 Å². The van der Waals surface area contributed by atoms with Crippen molar-refractivity contribution in [3.63, 3.8) is 0 Å². The first-order valence-electron chi connectivity index (χ1n) is 6.51. The van der Waals surface area contributed by atoms with Crippen LogP contribution in [0.15, 0.2) is 29.3 Å². The minimum Gasteiger partial charge on any atom is -0.471 e. The minimum absolute atomic E-state index is 0.204. The molecule has 1 fully saturated rings. The Morgan fingerprint density at radius 3 is 2.78 bits per heavy atom. The molecule has 1 atom stereocenters. The molecule has 0 radical (unpaired) electrons. The van der Waals surface area contributed by atoms with Gasteiger partial charge in [0.25, 0.3) is 0 Å². The number of hydrogen-bond acceptors (Lipinski definition) is 3. The normalized spacial score (nSPS) is 24.7. The van der Waals surface area contributed by atoms with E-state index in [4.69, 9.17) is 4.74 Å². The summed E-state index contributed by atoms with van der Waals surface area (Å²) in [6.07, 6.45) is 1.88. The summed E-state index contributed by atoms with van der Waals surface area (Å²) < 4.78 is 19.5. The lowest BCUT2D eigenvalue weighted by Gasteiger charge is -2.23. The van der Waals surface area contributed by atoms with E-state index in [-0.39, 0.29) is 11.9 Å². The van der Waals surface area contributed by atoms with Crippen LogP contribution >= 0.6 is 0 Å². The lowest BCUT2D eigenvalue weighted by atomic mass is 9.98. The summed E-state index contributed by atoms with van der Waals surface area (Å²) in [5, 5.41) is 3.32. The summed E-state index contributed by atoms with van der Waals surface area (Å²) >= 11 is 0. The van der Waals surface area contributed by atoms with Gasteiger partial charge in [-0.15, -0.1) is 0 Å².